The summed E-state index contributed by atoms with van der Waals surface area (Å²) < 4.78 is 3.18. The minimum absolute atomic E-state index is 0.107. The van der Waals surface area contributed by atoms with E-state index in [1.165, 1.54) is 16.8 Å². The van der Waals surface area contributed by atoms with Crippen LogP contribution < -0.4 is 10.6 Å². The van der Waals surface area contributed by atoms with Crippen molar-refractivity contribution < 1.29 is 19.5 Å². The van der Waals surface area contributed by atoms with Gasteiger partial charge >= 0.3 is 6.09 Å². The number of hydrogen-bond donors (Lipinski definition) is 3. The number of amides is 3. The zero-order chi connectivity index (χ0) is 19.4. The number of rotatable bonds is 6. The molecule has 9 nitrogen and oxygen atoms in total. The van der Waals surface area contributed by atoms with Crippen molar-refractivity contribution in [3.63, 3.8) is 0 Å². The van der Waals surface area contributed by atoms with Gasteiger partial charge in [-0.3, -0.25) is 14.9 Å². The molecule has 0 fully saturated rings. The minimum atomic E-state index is -1.20. The van der Waals surface area contributed by atoms with Crippen LogP contribution in [0.5, 0.6) is 0 Å². The van der Waals surface area contributed by atoms with E-state index in [9.17, 15) is 14.4 Å². The molecule has 0 aliphatic rings. The lowest BCUT2D eigenvalue weighted by Gasteiger charge is -2.18. The smallest absolute Gasteiger partial charge is 0.409 e. The van der Waals surface area contributed by atoms with E-state index in [0.29, 0.717) is 30.2 Å². The fraction of sp³-hybridized carbons (Fsp3) is 0.353. The van der Waals surface area contributed by atoms with Gasteiger partial charge in [-0.05, 0) is 26.0 Å². The third-order valence-corrected chi connectivity index (χ3v) is 4.02. The fourth-order valence-electron chi connectivity index (χ4n) is 2.70. The molecule has 0 aliphatic heterocycles. The molecule has 0 radical (unpaired) electrons. The summed E-state index contributed by atoms with van der Waals surface area (Å²) in [4.78, 5) is 37.3. The second kappa shape index (κ2) is 7.77. The molecule has 0 aliphatic carbocycles. The molecule has 0 bridgehead atoms. The van der Waals surface area contributed by atoms with Crippen LogP contribution in [-0.4, -0.2) is 50.1 Å². The van der Waals surface area contributed by atoms with Gasteiger partial charge in [-0.1, -0.05) is 0 Å². The molecule has 3 N–H and O–H groups in total. The van der Waals surface area contributed by atoms with Gasteiger partial charge in [0.05, 0.1) is 11.4 Å². The summed E-state index contributed by atoms with van der Waals surface area (Å²) in [5.74, 6) is -0.511. The summed E-state index contributed by atoms with van der Waals surface area (Å²) in [6.45, 7) is 5.02. The van der Waals surface area contributed by atoms with E-state index in [4.69, 9.17) is 5.11 Å². The number of nitrogens with zero attached hydrogens (tertiary/aromatic N) is 3. The highest BCUT2D eigenvalue weighted by atomic mass is 16.4. The molecule has 2 aromatic heterocycles. The molecular weight excluding hydrogens is 338 g/mol. The molecule has 0 unspecified atom stereocenters. The molecule has 0 atom stereocenters. The molecular formula is C17H23N5O4. The van der Waals surface area contributed by atoms with E-state index in [1.807, 2.05) is 13.8 Å². The van der Waals surface area contributed by atoms with Crippen molar-refractivity contribution in [2.45, 2.75) is 13.8 Å². The zero-order valence-corrected chi connectivity index (χ0v) is 15.2. The van der Waals surface area contributed by atoms with E-state index in [0.717, 1.165) is 0 Å². The van der Waals surface area contributed by atoms with Crippen LogP contribution in [0.3, 0.4) is 0 Å². The Morgan fingerprint density at radius 3 is 2.00 bits per heavy atom. The summed E-state index contributed by atoms with van der Waals surface area (Å²) >= 11 is 0. The summed E-state index contributed by atoms with van der Waals surface area (Å²) in [7, 11) is 3.38. The standard InChI is InChI=1S/C17H23N5O4/c1-5-22(6-2)16(24)14-8-11(9-21(14)4)18-15(23)13-7-12(10-20(13)3)19-17(25)26/h7-10,19H,5-6H2,1-4H3,(H,18,23)(H,25,26). The number of carboxylic acid groups (broad SMARTS) is 1. The number of anilines is 2. The molecule has 0 saturated carbocycles. The predicted octanol–water partition coefficient (Wildman–Crippen LogP) is 2.19. The van der Waals surface area contributed by atoms with Gasteiger partial charge in [0.25, 0.3) is 11.8 Å². The van der Waals surface area contributed by atoms with Crippen molar-refractivity contribution in [3.8, 4) is 0 Å². The summed E-state index contributed by atoms with van der Waals surface area (Å²) in [5, 5.41) is 13.7. The van der Waals surface area contributed by atoms with Gasteiger partial charge in [0.1, 0.15) is 11.4 Å². The average Bonchev–Trinajstić information content (AvgIpc) is 3.10. The predicted molar refractivity (Wildman–Crippen MR) is 97.7 cm³/mol. The second-order valence-corrected chi connectivity index (χ2v) is 5.81. The summed E-state index contributed by atoms with van der Waals surface area (Å²) in [6.07, 6.45) is 1.96. The highest BCUT2D eigenvalue weighted by molar-refractivity contribution is 6.05. The van der Waals surface area contributed by atoms with Crippen LogP contribution in [0.2, 0.25) is 0 Å². The normalized spacial score (nSPS) is 10.5. The van der Waals surface area contributed by atoms with Crippen molar-refractivity contribution in [1.29, 1.82) is 0 Å². The topological polar surface area (TPSA) is 109 Å². The van der Waals surface area contributed by atoms with Crippen LogP contribution in [0.4, 0.5) is 16.2 Å². The van der Waals surface area contributed by atoms with Gasteiger partial charge in [-0.15, -0.1) is 0 Å². The highest BCUT2D eigenvalue weighted by Crippen LogP contribution is 2.18. The first-order valence-corrected chi connectivity index (χ1v) is 8.20. The van der Waals surface area contributed by atoms with Gasteiger partial charge in [0.15, 0.2) is 0 Å². The Labute approximate surface area is 151 Å². The number of nitrogens with one attached hydrogen (secondary N) is 2. The first-order valence-electron chi connectivity index (χ1n) is 8.20. The average molecular weight is 361 g/mol. The first kappa shape index (κ1) is 19.1. The Morgan fingerprint density at radius 1 is 0.962 bits per heavy atom. The van der Waals surface area contributed by atoms with Crippen LogP contribution >= 0.6 is 0 Å². The maximum Gasteiger partial charge on any atom is 0.409 e. The maximum absolute atomic E-state index is 12.5. The van der Waals surface area contributed by atoms with Crippen molar-refractivity contribution in [2.24, 2.45) is 14.1 Å². The zero-order valence-electron chi connectivity index (χ0n) is 15.2. The Morgan fingerprint density at radius 2 is 1.46 bits per heavy atom. The van der Waals surface area contributed by atoms with Crippen molar-refractivity contribution in [1.82, 2.24) is 14.0 Å². The number of aromatic nitrogens is 2. The molecule has 0 spiro atoms. The fourth-order valence-corrected chi connectivity index (χ4v) is 2.70. The van der Waals surface area contributed by atoms with Gasteiger partial charge in [0, 0.05) is 39.6 Å². The lowest BCUT2D eigenvalue weighted by molar-refractivity contribution is 0.0763. The van der Waals surface area contributed by atoms with Gasteiger partial charge in [-0.2, -0.15) is 0 Å². The van der Waals surface area contributed by atoms with Gasteiger partial charge in [0.2, 0.25) is 0 Å². The summed E-state index contributed by atoms with van der Waals surface area (Å²) in [6, 6.07) is 3.06. The van der Waals surface area contributed by atoms with Crippen molar-refractivity contribution in [3.05, 3.63) is 35.9 Å². The number of carbonyl (C=O) groups is 3. The molecule has 3 amide bonds. The second-order valence-electron chi connectivity index (χ2n) is 5.81. The minimum Gasteiger partial charge on any atom is -0.465 e. The van der Waals surface area contributed by atoms with Crippen molar-refractivity contribution in [2.75, 3.05) is 23.7 Å². The van der Waals surface area contributed by atoms with Gasteiger partial charge < -0.3 is 24.5 Å². The Balaban J connectivity index is 2.18. The quantitative estimate of drug-likeness (QED) is 0.733. The molecule has 140 valence electrons. The van der Waals surface area contributed by atoms with E-state index in [2.05, 4.69) is 10.6 Å². The number of carbonyl (C=O) groups excluding carboxylic acids is 2. The molecule has 2 aromatic rings. The van der Waals surface area contributed by atoms with Crippen LogP contribution in [0, 0.1) is 0 Å². The van der Waals surface area contributed by atoms with E-state index in [-0.39, 0.29) is 11.6 Å². The van der Waals surface area contributed by atoms with Crippen LogP contribution in [0.25, 0.3) is 0 Å². The maximum atomic E-state index is 12.5. The lowest BCUT2D eigenvalue weighted by atomic mass is 10.3. The third kappa shape index (κ3) is 4.05. The Bertz CT molecular complexity index is 832. The Kier molecular flexibility index (Phi) is 5.71. The SMILES string of the molecule is CCN(CC)C(=O)c1cc(NC(=O)c2cc(NC(=O)O)cn2C)cn1C. The Hall–Kier alpha value is -3.23. The van der Waals surface area contributed by atoms with Gasteiger partial charge in [-0.25, -0.2) is 4.79 Å². The monoisotopic (exact) mass is 361 g/mol. The molecule has 0 aromatic carbocycles. The number of aryl methyl sites for hydroxylation is 2. The summed E-state index contributed by atoms with van der Waals surface area (Å²) in [5.41, 5.74) is 1.55. The largest absolute Gasteiger partial charge is 0.465 e. The molecule has 0 saturated heterocycles. The van der Waals surface area contributed by atoms with Crippen molar-refractivity contribution >= 4 is 29.3 Å². The molecule has 2 rings (SSSR count). The first-order chi connectivity index (χ1) is 12.3. The molecule has 9 heteroatoms. The van der Waals surface area contributed by atoms with Crippen LogP contribution in [-0.2, 0) is 14.1 Å². The third-order valence-electron chi connectivity index (χ3n) is 4.02. The van der Waals surface area contributed by atoms with E-state index >= 15 is 0 Å². The highest BCUT2D eigenvalue weighted by Gasteiger charge is 2.19. The number of hydrogen-bond acceptors (Lipinski definition) is 3. The lowest BCUT2D eigenvalue weighted by Crippen LogP contribution is -2.31. The van der Waals surface area contributed by atoms with E-state index in [1.54, 1.807) is 35.8 Å². The van der Waals surface area contributed by atoms with Crippen LogP contribution in [0.1, 0.15) is 34.8 Å². The molecule has 2 heterocycles. The molecule has 26 heavy (non-hydrogen) atoms. The van der Waals surface area contributed by atoms with E-state index < -0.39 is 12.0 Å². The van der Waals surface area contributed by atoms with Crippen LogP contribution in [0.15, 0.2) is 24.5 Å².